The molecular weight excluding hydrogens is 294 g/mol. The Morgan fingerprint density at radius 3 is 3.20 bits per heavy atom. The number of nitrogens with one attached hydrogen (secondary N) is 2. The van der Waals surface area contributed by atoms with Crippen LogP contribution in [0.25, 0.3) is 11.0 Å². The fourth-order valence-corrected chi connectivity index (χ4v) is 3.96. The van der Waals surface area contributed by atoms with Crippen molar-refractivity contribution in [1.82, 2.24) is 20.2 Å². The molecule has 0 amide bonds. The molecule has 0 saturated heterocycles. The quantitative estimate of drug-likeness (QED) is 0.729. The number of aromatic amines is 1. The van der Waals surface area contributed by atoms with E-state index in [1.165, 1.54) is 34.6 Å². The van der Waals surface area contributed by atoms with E-state index < -0.39 is 0 Å². The minimum absolute atomic E-state index is 0.220. The zero-order valence-corrected chi connectivity index (χ0v) is 12.2. The minimum atomic E-state index is 0.220. The molecule has 0 unspecified atom stereocenters. The Morgan fingerprint density at radius 2 is 2.30 bits per heavy atom. The van der Waals surface area contributed by atoms with Gasteiger partial charge in [-0.1, -0.05) is 0 Å². The van der Waals surface area contributed by atoms with Crippen LogP contribution >= 0.6 is 22.9 Å². The maximum absolute atomic E-state index is 5.92. The molecule has 3 heterocycles. The third-order valence-corrected chi connectivity index (χ3v) is 4.92. The summed E-state index contributed by atoms with van der Waals surface area (Å²) in [5.41, 5.74) is 2.17. The Hall–Kier alpha value is -1.66. The second kappa shape index (κ2) is 4.71. The summed E-state index contributed by atoms with van der Waals surface area (Å²) in [5.74, 6) is 0.724. The minimum Gasteiger partial charge on any atom is -0.364 e. The molecule has 7 heteroatoms. The Morgan fingerprint density at radius 1 is 1.35 bits per heavy atom. The van der Waals surface area contributed by atoms with Crippen molar-refractivity contribution in [2.75, 3.05) is 5.32 Å². The van der Waals surface area contributed by atoms with Gasteiger partial charge in [-0.3, -0.25) is 5.10 Å². The Labute approximate surface area is 124 Å². The van der Waals surface area contributed by atoms with Crippen molar-refractivity contribution in [3.05, 3.63) is 32.9 Å². The predicted molar refractivity (Wildman–Crippen MR) is 80.4 cm³/mol. The fraction of sp³-hybridized carbons (Fsp3) is 0.308. The zero-order chi connectivity index (χ0) is 13.5. The SMILES string of the molecule is Clc1nc(NCc2cc3c(s2)CCC3)c2cn[nH]c2n1. The van der Waals surface area contributed by atoms with Crippen LogP contribution in [0, 0.1) is 0 Å². The number of halogens is 1. The number of thiophene rings is 1. The molecule has 0 atom stereocenters. The van der Waals surface area contributed by atoms with Crippen LogP contribution in [0.15, 0.2) is 12.3 Å². The molecule has 0 spiro atoms. The molecule has 5 nitrogen and oxygen atoms in total. The summed E-state index contributed by atoms with van der Waals surface area (Å²) in [6, 6.07) is 2.30. The van der Waals surface area contributed by atoms with Gasteiger partial charge in [0.05, 0.1) is 18.1 Å². The van der Waals surface area contributed by atoms with E-state index in [1.807, 2.05) is 11.3 Å². The third-order valence-electron chi connectivity index (χ3n) is 3.51. The van der Waals surface area contributed by atoms with Crippen LogP contribution < -0.4 is 5.32 Å². The number of fused-ring (bicyclic) bond motifs is 2. The maximum Gasteiger partial charge on any atom is 0.226 e. The molecule has 2 N–H and O–H groups in total. The van der Waals surface area contributed by atoms with Crippen molar-refractivity contribution in [2.24, 2.45) is 0 Å². The van der Waals surface area contributed by atoms with Crippen LogP contribution in [0.4, 0.5) is 5.82 Å². The lowest BCUT2D eigenvalue weighted by Crippen LogP contribution is -2.01. The number of nitrogens with zero attached hydrogens (tertiary/aromatic N) is 3. The van der Waals surface area contributed by atoms with Gasteiger partial charge in [0.2, 0.25) is 5.28 Å². The number of hydrogen-bond acceptors (Lipinski definition) is 5. The largest absolute Gasteiger partial charge is 0.364 e. The molecule has 3 aromatic rings. The molecule has 0 radical (unpaired) electrons. The topological polar surface area (TPSA) is 66.5 Å². The number of aromatic nitrogens is 4. The maximum atomic E-state index is 5.92. The molecule has 4 rings (SSSR count). The second-order valence-electron chi connectivity index (χ2n) is 4.84. The highest BCUT2D eigenvalue weighted by Gasteiger charge is 2.15. The molecule has 0 aromatic carbocycles. The number of anilines is 1. The summed E-state index contributed by atoms with van der Waals surface area (Å²) < 4.78 is 0. The highest BCUT2D eigenvalue weighted by molar-refractivity contribution is 7.12. The van der Waals surface area contributed by atoms with Gasteiger partial charge in [-0.25, -0.2) is 0 Å². The molecule has 0 bridgehead atoms. The van der Waals surface area contributed by atoms with Crippen molar-refractivity contribution in [3.8, 4) is 0 Å². The van der Waals surface area contributed by atoms with E-state index in [-0.39, 0.29) is 5.28 Å². The van der Waals surface area contributed by atoms with E-state index in [0.29, 0.717) is 5.65 Å². The molecule has 0 saturated carbocycles. The normalized spacial score (nSPS) is 13.8. The lowest BCUT2D eigenvalue weighted by atomic mass is 10.2. The van der Waals surface area contributed by atoms with Gasteiger partial charge in [0.15, 0.2) is 5.65 Å². The van der Waals surface area contributed by atoms with E-state index in [1.54, 1.807) is 6.20 Å². The lowest BCUT2D eigenvalue weighted by Gasteiger charge is -2.05. The van der Waals surface area contributed by atoms with E-state index in [0.717, 1.165) is 17.7 Å². The van der Waals surface area contributed by atoms with Gasteiger partial charge >= 0.3 is 0 Å². The zero-order valence-electron chi connectivity index (χ0n) is 10.6. The molecule has 1 aliphatic rings. The van der Waals surface area contributed by atoms with E-state index in [2.05, 4.69) is 31.5 Å². The lowest BCUT2D eigenvalue weighted by molar-refractivity contribution is 0.913. The van der Waals surface area contributed by atoms with Crippen LogP contribution in [0.3, 0.4) is 0 Å². The summed E-state index contributed by atoms with van der Waals surface area (Å²) in [6.07, 6.45) is 5.46. The summed E-state index contributed by atoms with van der Waals surface area (Å²) in [6.45, 7) is 0.755. The highest BCUT2D eigenvalue weighted by atomic mass is 35.5. The number of hydrogen-bond donors (Lipinski definition) is 2. The first-order valence-electron chi connectivity index (χ1n) is 6.50. The first-order chi connectivity index (χ1) is 9.79. The smallest absolute Gasteiger partial charge is 0.226 e. The van der Waals surface area contributed by atoms with Crippen LogP contribution in [0.5, 0.6) is 0 Å². The third kappa shape index (κ3) is 2.05. The van der Waals surface area contributed by atoms with Gasteiger partial charge in [0.25, 0.3) is 0 Å². The average Bonchev–Trinajstić information content (AvgIpc) is 3.09. The van der Waals surface area contributed by atoms with Crippen LogP contribution in [0.2, 0.25) is 5.28 Å². The van der Waals surface area contributed by atoms with Crippen molar-refractivity contribution in [1.29, 1.82) is 0 Å². The number of aryl methyl sites for hydroxylation is 2. The molecule has 3 aromatic heterocycles. The van der Waals surface area contributed by atoms with E-state index in [9.17, 15) is 0 Å². The van der Waals surface area contributed by atoms with Crippen molar-refractivity contribution >= 4 is 39.8 Å². The van der Waals surface area contributed by atoms with Crippen LogP contribution in [-0.2, 0) is 19.4 Å². The van der Waals surface area contributed by atoms with Gasteiger partial charge < -0.3 is 5.32 Å². The van der Waals surface area contributed by atoms with Gasteiger partial charge in [-0.15, -0.1) is 11.3 Å². The van der Waals surface area contributed by atoms with E-state index >= 15 is 0 Å². The molecular formula is C13H12ClN5S. The molecule has 0 aliphatic heterocycles. The van der Waals surface area contributed by atoms with Crippen LogP contribution in [0.1, 0.15) is 21.7 Å². The van der Waals surface area contributed by atoms with Crippen LogP contribution in [-0.4, -0.2) is 20.2 Å². The van der Waals surface area contributed by atoms with Gasteiger partial charge in [-0.2, -0.15) is 15.1 Å². The first-order valence-corrected chi connectivity index (χ1v) is 7.70. The number of rotatable bonds is 3. The highest BCUT2D eigenvalue weighted by Crippen LogP contribution is 2.31. The van der Waals surface area contributed by atoms with Gasteiger partial charge in [0, 0.05) is 9.75 Å². The van der Waals surface area contributed by atoms with Crippen molar-refractivity contribution in [3.63, 3.8) is 0 Å². The second-order valence-corrected chi connectivity index (χ2v) is 6.40. The monoisotopic (exact) mass is 305 g/mol. The first kappa shape index (κ1) is 12.1. The standard InChI is InChI=1S/C13H12ClN5S/c14-13-17-11(9-6-16-19-12(9)18-13)15-5-8-4-7-2-1-3-10(7)20-8/h4,6H,1-3,5H2,(H2,15,16,17,18,19). The van der Waals surface area contributed by atoms with Crippen molar-refractivity contribution in [2.45, 2.75) is 25.8 Å². The van der Waals surface area contributed by atoms with Crippen molar-refractivity contribution < 1.29 is 0 Å². The average molecular weight is 306 g/mol. The fourth-order valence-electron chi connectivity index (χ4n) is 2.59. The summed E-state index contributed by atoms with van der Waals surface area (Å²) >= 11 is 7.81. The Balaban J connectivity index is 1.59. The predicted octanol–water partition coefficient (Wildman–Crippen LogP) is 3.17. The Kier molecular flexibility index (Phi) is 2.85. The molecule has 102 valence electrons. The Bertz CT molecular complexity index is 757. The molecule has 1 aliphatic carbocycles. The number of H-pyrrole nitrogens is 1. The summed E-state index contributed by atoms with van der Waals surface area (Å²) in [4.78, 5) is 11.2. The summed E-state index contributed by atoms with van der Waals surface area (Å²) in [7, 11) is 0. The summed E-state index contributed by atoms with van der Waals surface area (Å²) in [5, 5.41) is 11.2. The molecule has 20 heavy (non-hydrogen) atoms. The van der Waals surface area contributed by atoms with E-state index in [4.69, 9.17) is 11.6 Å². The molecule has 0 fully saturated rings. The van der Waals surface area contributed by atoms with Gasteiger partial charge in [-0.05, 0) is 42.5 Å². The van der Waals surface area contributed by atoms with Gasteiger partial charge in [0.1, 0.15) is 5.82 Å².